The molecule has 0 fully saturated rings. The molecular formula is C10H10ClNO2S. The summed E-state index contributed by atoms with van der Waals surface area (Å²) in [6.45, 7) is 0. The number of sulfonamides is 1. The lowest BCUT2D eigenvalue weighted by Gasteiger charge is -2.05. The monoisotopic (exact) mass is 243 g/mol. The molecule has 0 atom stereocenters. The van der Waals surface area contributed by atoms with E-state index in [2.05, 4.69) is 12.0 Å². The van der Waals surface area contributed by atoms with Gasteiger partial charge in [0.1, 0.15) is 0 Å². The fourth-order valence-corrected chi connectivity index (χ4v) is 1.10. The molecule has 0 radical (unpaired) electrons. The number of rotatable bonds is 1. The fourth-order valence-electron chi connectivity index (χ4n) is 0.759. The summed E-state index contributed by atoms with van der Waals surface area (Å²) in [6, 6.07) is 9.37. The molecule has 0 aliphatic rings. The van der Waals surface area contributed by atoms with Crippen LogP contribution >= 0.6 is 11.6 Å². The van der Waals surface area contributed by atoms with Gasteiger partial charge in [-0.25, -0.2) is 12.7 Å². The van der Waals surface area contributed by atoms with Gasteiger partial charge in [0.2, 0.25) is 10.0 Å². The Hall–Kier alpha value is -1.18. The summed E-state index contributed by atoms with van der Waals surface area (Å²) in [5, 5.41) is 0.622. The zero-order valence-corrected chi connectivity index (χ0v) is 9.93. The summed E-state index contributed by atoms with van der Waals surface area (Å²) in [4.78, 5) is 0. The molecule has 5 heteroatoms. The van der Waals surface area contributed by atoms with Crippen molar-refractivity contribution in [3.8, 4) is 12.0 Å². The highest BCUT2D eigenvalue weighted by Gasteiger charge is 2.04. The first-order valence-corrected chi connectivity index (χ1v) is 6.33. The molecule has 0 amide bonds. The van der Waals surface area contributed by atoms with Crippen molar-refractivity contribution in [2.24, 2.45) is 0 Å². The summed E-state index contributed by atoms with van der Waals surface area (Å²) in [7, 11) is -1.85. The Kier molecular flexibility index (Phi) is 3.61. The average Bonchev–Trinajstić information content (AvgIpc) is 2.15. The van der Waals surface area contributed by atoms with Crippen LogP contribution in [0.2, 0.25) is 5.02 Å². The van der Waals surface area contributed by atoms with E-state index in [0.717, 1.165) is 16.1 Å². The SMILES string of the molecule is CN(C#Cc1ccc(Cl)cc1)S(C)(=O)=O. The molecule has 80 valence electrons. The number of benzene rings is 1. The lowest BCUT2D eigenvalue weighted by atomic mass is 10.2. The van der Waals surface area contributed by atoms with E-state index in [1.807, 2.05) is 0 Å². The first kappa shape index (κ1) is 11.9. The largest absolute Gasteiger partial charge is 0.238 e. The first-order chi connectivity index (χ1) is 6.89. The van der Waals surface area contributed by atoms with Gasteiger partial charge in [-0.3, -0.25) is 0 Å². The van der Waals surface area contributed by atoms with E-state index in [0.29, 0.717) is 5.02 Å². The van der Waals surface area contributed by atoms with Gasteiger partial charge < -0.3 is 0 Å². The van der Waals surface area contributed by atoms with Gasteiger partial charge in [0.25, 0.3) is 0 Å². The molecule has 0 spiro atoms. The third-order valence-electron chi connectivity index (χ3n) is 1.70. The Morgan fingerprint density at radius 2 is 1.80 bits per heavy atom. The number of hydrogen-bond donors (Lipinski definition) is 0. The smallest absolute Gasteiger partial charge is 0.232 e. The maximum Gasteiger partial charge on any atom is 0.238 e. The van der Waals surface area contributed by atoms with Gasteiger partial charge in [0.15, 0.2) is 0 Å². The third kappa shape index (κ3) is 3.82. The number of nitrogens with zero attached hydrogens (tertiary/aromatic N) is 1. The molecule has 0 heterocycles. The van der Waals surface area contributed by atoms with E-state index < -0.39 is 10.0 Å². The van der Waals surface area contributed by atoms with Crippen molar-refractivity contribution in [2.75, 3.05) is 13.3 Å². The number of halogens is 1. The summed E-state index contributed by atoms with van der Waals surface area (Å²) >= 11 is 5.69. The van der Waals surface area contributed by atoms with Crippen LogP contribution in [0.15, 0.2) is 24.3 Å². The molecular weight excluding hydrogens is 234 g/mol. The molecule has 3 nitrogen and oxygen atoms in total. The molecule has 1 rings (SSSR count). The molecule has 0 aliphatic heterocycles. The number of hydrogen-bond acceptors (Lipinski definition) is 2. The topological polar surface area (TPSA) is 37.4 Å². The van der Waals surface area contributed by atoms with E-state index >= 15 is 0 Å². The molecule has 1 aromatic rings. The second-order valence-electron chi connectivity index (χ2n) is 2.97. The summed E-state index contributed by atoms with van der Waals surface area (Å²) in [6.07, 6.45) is 1.10. The minimum Gasteiger partial charge on any atom is -0.232 e. The van der Waals surface area contributed by atoms with Crippen molar-refractivity contribution in [3.63, 3.8) is 0 Å². The molecule has 0 aliphatic carbocycles. The summed E-state index contributed by atoms with van der Waals surface area (Å²) in [5.41, 5.74) is 0.718. The predicted molar refractivity (Wildman–Crippen MR) is 60.9 cm³/mol. The van der Waals surface area contributed by atoms with Crippen LogP contribution in [0.5, 0.6) is 0 Å². The van der Waals surface area contributed by atoms with Gasteiger partial charge in [-0.05, 0) is 30.2 Å². The van der Waals surface area contributed by atoms with Crippen LogP contribution in [0, 0.1) is 12.0 Å². The highest BCUT2D eigenvalue weighted by molar-refractivity contribution is 7.88. The Morgan fingerprint density at radius 3 is 2.27 bits per heavy atom. The maximum atomic E-state index is 11.0. The maximum absolute atomic E-state index is 11.0. The Morgan fingerprint density at radius 1 is 1.27 bits per heavy atom. The van der Waals surface area contributed by atoms with E-state index in [-0.39, 0.29) is 0 Å². The standard InChI is InChI=1S/C10H10ClNO2S/c1-12(15(2,13)14)8-7-9-3-5-10(11)6-4-9/h3-6H,1-2H3. The predicted octanol–water partition coefficient (Wildman–Crippen LogP) is 1.54. The molecule has 15 heavy (non-hydrogen) atoms. The van der Waals surface area contributed by atoms with E-state index in [1.165, 1.54) is 7.05 Å². The molecule has 0 saturated carbocycles. The average molecular weight is 244 g/mol. The zero-order chi connectivity index (χ0) is 11.5. The normalized spacial score (nSPS) is 10.3. The van der Waals surface area contributed by atoms with Crippen LogP contribution in [0.25, 0.3) is 0 Å². The van der Waals surface area contributed by atoms with Gasteiger partial charge in [-0.15, -0.1) is 0 Å². The van der Waals surface area contributed by atoms with Crippen molar-refractivity contribution in [3.05, 3.63) is 34.9 Å². The van der Waals surface area contributed by atoms with E-state index in [9.17, 15) is 8.42 Å². The summed E-state index contributed by atoms with van der Waals surface area (Å²) in [5.74, 6) is 2.72. The molecule has 0 N–H and O–H groups in total. The summed E-state index contributed by atoms with van der Waals surface area (Å²) < 4.78 is 23.0. The second kappa shape index (κ2) is 4.56. The molecule has 0 unspecified atom stereocenters. The molecule has 0 bridgehead atoms. The molecule has 0 saturated heterocycles. The Balaban J connectivity index is 2.87. The van der Waals surface area contributed by atoms with Crippen LogP contribution in [0.3, 0.4) is 0 Å². The lowest BCUT2D eigenvalue weighted by Crippen LogP contribution is -2.19. The second-order valence-corrected chi connectivity index (χ2v) is 5.42. The third-order valence-corrected chi connectivity index (χ3v) is 3.04. The van der Waals surface area contributed by atoms with Crippen LogP contribution in [0.1, 0.15) is 5.56 Å². The minimum absolute atomic E-state index is 0.622. The van der Waals surface area contributed by atoms with Crippen LogP contribution < -0.4 is 0 Å². The first-order valence-electron chi connectivity index (χ1n) is 4.11. The molecule has 0 aromatic heterocycles. The van der Waals surface area contributed by atoms with Crippen molar-refractivity contribution in [1.82, 2.24) is 4.31 Å². The van der Waals surface area contributed by atoms with Gasteiger partial charge in [0.05, 0.1) is 6.26 Å². The van der Waals surface area contributed by atoms with Crippen LogP contribution in [-0.2, 0) is 10.0 Å². The van der Waals surface area contributed by atoms with Crippen molar-refractivity contribution < 1.29 is 8.42 Å². The van der Waals surface area contributed by atoms with Gasteiger partial charge in [-0.1, -0.05) is 11.6 Å². The van der Waals surface area contributed by atoms with Gasteiger partial charge in [0, 0.05) is 23.7 Å². The van der Waals surface area contributed by atoms with Crippen LogP contribution in [-0.4, -0.2) is 26.0 Å². The van der Waals surface area contributed by atoms with Gasteiger partial charge >= 0.3 is 0 Å². The Labute approximate surface area is 94.7 Å². The zero-order valence-electron chi connectivity index (χ0n) is 8.36. The van der Waals surface area contributed by atoms with Crippen LogP contribution in [0.4, 0.5) is 0 Å². The molecule has 1 aromatic carbocycles. The minimum atomic E-state index is -3.25. The quantitative estimate of drug-likeness (QED) is 0.554. The van der Waals surface area contributed by atoms with Gasteiger partial charge in [-0.2, -0.15) is 0 Å². The fraction of sp³-hybridized carbons (Fsp3) is 0.200. The van der Waals surface area contributed by atoms with Crippen molar-refractivity contribution in [2.45, 2.75) is 0 Å². The highest BCUT2D eigenvalue weighted by Crippen LogP contribution is 2.08. The Bertz CT molecular complexity index is 496. The highest BCUT2D eigenvalue weighted by atomic mass is 35.5. The lowest BCUT2D eigenvalue weighted by molar-refractivity contribution is 0.554. The van der Waals surface area contributed by atoms with E-state index in [4.69, 9.17) is 11.6 Å². The van der Waals surface area contributed by atoms with E-state index in [1.54, 1.807) is 24.3 Å². The van der Waals surface area contributed by atoms with Crippen molar-refractivity contribution in [1.29, 1.82) is 0 Å². The van der Waals surface area contributed by atoms with Crippen molar-refractivity contribution >= 4 is 21.6 Å².